The van der Waals surface area contributed by atoms with Gasteiger partial charge in [0.1, 0.15) is 0 Å². The highest BCUT2D eigenvalue weighted by Gasteiger charge is 2.47. The number of aryl methyl sites for hydroxylation is 1. The normalized spacial score (nSPS) is 13.4. The summed E-state index contributed by atoms with van der Waals surface area (Å²) in [6.07, 6.45) is -4.85. The molecule has 0 atom stereocenters. The smallest absolute Gasteiger partial charge is 0.346 e. The van der Waals surface area contributed by atoms with Gasteiger partial charge in [-0.05, 0) is 36.6 Å². The number of alkyl halides is 5. The highest BCUT2D eigenvalue weighted by atomic mass is 19.4. The van der Waals surface area contributed by atoms with Crippen molar-refractivity contribution in [2.75, 3.05) is 6.54 Å². The number of hydrogen-bond donors (Lipinski definition) is 2. The topological polar surface area (TPSA) is 95.6 Å². The lowest BCUT2D eigenvalue weighted by Gasteiger charge is -2.21. The molecule has 7 nitrogen and oxygen atoms in total. The van der Waals surface area contributed by atoms with Gasteiger partial charge in [-0.15, -0.1) is 0 Å². The molecule has 37 heavy (non-hydrogen) atoms. The molecule has 0 aliphatic carbocycles. The zero-order valence-corrected chi connectivity index (χ0v) is 19.5. The number of carbonyl (C=O) groups excluding carboxylic acids is 4. The van der Waals surface area contributed by atoms with E-state index < -0.39 is 47.4 Å². The average Bonchev–Trinajstić information content (AvgIpc) is 3.10. The maximum absolute atomic E-state index is 14.7. The van der Waals surface area contributed by atoms with Crippen LogP contribution in [0.25, 0.3) is 0 Å². The summed E-state index contributed by atoms with van der Waals surface area (Å²) in [4.78, 5) is 48.4. The number of nitrogens with one attached hydrogen (secondary N) is 2. The van der Waals surface area contributed by atoms with Crippen LogP contribution in [0, 0.1) is 6.92 Å². The summed E-state index contributed by atoms with van der Waals surface area (Å²) in [6, 6.07) is 6.64. The lowest BCUT2D eigenvalue weighted by atomic mass is 9.98. The molecule has 194 valence electrons. The van der Waals surface area contributed by atoms with Crippen LogP contribution in [0.1, 0.15) is 51.0 Å². The van der Waals surface area contributed by atoms with Crippen molar-refractivity contribution in [2.24, 2.45) is 0 Å². The second-order valence-electron chi connectivity index (χ2n) is 8.54. The first-order chi connectivity index (χ1) is 17.2. The van der Waals surface area contributed by atoms with Crippen molar-refractivity contribution in [3.63, 3.8) is 0 Å². The van der Waals surface area contributed by atoms with Gasteiger partial charge in [0.15, 0.2) is 5.81 Å². The van der Waals surface area contributed by atoms with Crippen molar-refractivity contribution in [2.45, 2.75) is 45.0 Å². The number of fused-ring (bicyclic) bond motifs is 1. The Kier molecular flexibility index (Phi) is 8.04. The van der Waals surface area contributed by atoms with Gasteiger partial charge < -0.3 is 15.5 Å². The third-order valence-electron chi connectivity index (χ3n) is 5.70. The number of nitrogens with zero attached hydrogens (tertiary/aromatic N) is 1. The van der Waals surface area contributed by atoms with Gasteiger partial charge in [0.05, 0.1) is 5.56 Å². The number of halogens is 5. The first-order valence-corrected chi connectivity index (χ1v) is 11.0. The summed E-state index contributed by atoms with van der Waals surface area (Å²) in [5.74, 6) is -8.21. The third-order valence-corrected chi connectivity index (χ3v) is 5.70. The molecule has 0 aromatic heterocycles. The van der Waals surface area contributed by atoms with Crippen LogP contribution >= 0.6 is 0 Å². The Hall–Kier alpha value is -3.77. The zero-order chi connectivity index (χ0) is 27.5. The van der Waals surface area contributed by atoms with Crippen molar-refractivity contribution in [3.8, 4) is 0 Å². The Morgan fingerprint density at radius 2 is 1.73 bits per heavy atom. The molecule has 13 heteroatoms. The minimum absolute atomic E-state index is 0.0361. The highest BCUT2D eigenvalue weighted by Crippen LogP contribution is 2.40. The predicted octanol–water partition coefficient (Wildman–Crippen LogP) is 3.56. The van der Waals surface area contributed by atoms with Crippen molar-refractivity contribution in [3.05, 3.63) is 69.8 Å². The van der Waals surface area contributed by atoms with Gasteiger partial charge in [-0.2, -0.15) is 22.0 Å². The minimum atomic E-state index is -5.07. The summed E-state index contributed by atoms with van der Waals surface area (Å²) in [5.41, 5.74) is -1.64. The van der Waals surface area contributed by atoms with E-state index in [4.69, 9.17) is 7.85 Å². The highest BCUT2D eigenvalue weighted by molar-refractivity contribution is 6.58. The Morgan fingerprint density at radius 1 is 1.03 bits per heavy atom. The van der Waals surface area contributed by atoms with Crippen LogP contribution in [-0.2, 0) is 34.8 Å². The molecule has 0 bridgehead atoms. The molecule has 0 fully saturated rings. The molecule has 2 radical (unpaired) electrons. The Morgan fingerprint density at radius 3 is 2.38 bits per heavy atom. The number of hydrogen-bond acceptors (Lipinski definition) is 4. The maximum Gasteiger partial charge on any atom is 0.416 e. The van der Waals surface area contributed by atoms with Crippen LogP contribution in [0.4, 0.5) is 26.7 Å². The molecule has 1 aliphatic rings. The van der Waals surface area contributed by atoms with E-state index in [1.807, 2.05) is 10.6 Å². The van der Waals surface area contributed by atoms with E-state index in [1.165, 1.54) is 30.0 Å². The second kappa shape index (κ2) is 10.7. The molecule has 2 N–H and O–H groups in total. The van der Waals surface area contributed by atoms with Crippen molar-refractivity contribution < 1.29 is 41.1 Å². The van der Waals surface area contributed by atoms with Crippen LogP contribution in [-0.4, -0.2) is 42.8 Å². The molecule has 1 aliphatic heterocycles. The van der Waals surface area contributed by atoms with Crippen LogP contribution < -0.4 is 10.6 Å². The standard InChI is InChI=1S/C24H21BF5N3O4/c1-13-4-7-17(18(9-13)24(28,29)30)23(26,27)21(36)31-11-14-5-6-16-15(10-14)12-33(20(16)35)8-2-3-19(34)32-22(25)37/h4-7,9-10H,2-3,8,11-12H2,1H3,(H,31,36)(H,32,34,37). The molecule has 4 amide bonds. The summed E-state index contributed by atoms with van der Waals surface area (Å²) < 4.78 is 69.3. The van der Waals surface area contributed by atoms with Crippen LogP contribution in [0.15, 0.2) is 36.4 Å². The summed E-state index contributed by atoms with van der Waals surface area (Å²) in [5, 5.41) is 3.88. The van der Waals surface area contributed by atoms with Crippen LogP contribution in [0.2, 0.25) is 0 Å². The lowest BCUT2D eigenvalue weighted by molar-refractivity contribution is -0.153. The Balaban J connectivity index is 1.64. The summed E-state index contributed by atoms with van der Waals surface area (Å²) in [6.45, 7) is 1.28. The van der Waals surface area contributed by atoms with Gasteiger partial charge in [0.2, 0.25) is 13.8 Å². The molecule has 0 unspecified atom stereocenters. The van der Waals surface area contributed by atoms with Gasteiger partial charge in [-0.3, -0.25) is 19.2 Å². The fourth-order valence-electron chi connectivity index (χ4n) is 3.94. The minimum Gasteiger partial charge on any atom is -0.346 e. The van der Waals surface area contributed by atoms with E-state index in [0.29, 0.717) is 28.8 Å². The fourth-order valence-corrected chi connectivity index (χ4v) is 3.94. The average molecular weight is 521 g/mol. The van der Waals surface area contributed by atoms with Gasteiger partial charge >= 0.3 is 12.1 Å². The fraction of sp³-hybridized carbons (Fsp3) is 0.333. The number of imide groups is 1. The summed E-state index contributed by atoms with van der Waals surface area (Å²) >= 11 is 0. The van der Waals surface area contributed by atoms with Crippen LogP contribution in [0.3, 0.4) is 0 Å². The Labute approximate surface area is 209 Å². The van der Waals surface area contributed by atoms with Gasteiger partial charge in [0, 0.05) is 37.2 Å². The van der Waals surface area contributed by atoms with Crippen LogP contribution in [0.5, 0.6) is 0 Å². The van der Waals surface area contributed by atoms with E-state index in [9.17, 15) is 41.1 Å². The number of rotatable bonds is 8. The SMILES string of the molecule is [B]C(=O)NC(=O)CCCN1Cc2cc(CNC(=O)C(F)(F)c3ccc(C)cc3C(F)(F)F)ccc2C1=O. The van der Waals surface area contributed by atoms with Gasteiger partial charge in [0.25, 0.3) is 11.8 Å². The largest absolute Gasteiger partial charge is 0.416 e. The molecule has 0 saturated heterocycles. The quantitative estimate of drug-likeness (QED) is 0.411. The molecule has 1 heterocycles. The molecule has 3 rings (SSSR count). The molecule has 0 saturated carbocycles. The van der Waals surface area contributed by atoms with E-state index >= 15 is 0 Å². The molecule has 0 spiro atoms. The Bertz CT molecular complexity index is 1250. The first-order valence-electron chi connectivity index (χ1n) is 11.0. The second-order valence-corrected chi connectivity index (χ2v) is 8.54. The number of amides is 4. The van der Waals surface area contributed by atoms with E-state index in [1.54, 1.807) is 0 Å². The van der Waals surface area contributed by atoms with E-state index in [0.717, 1.165) is 6.07 Å². The molecule has 2 aromatic carbocycles. The molecular weight excluding hydrogens is 500 g/mol. The molecule has 2 aromatic rings. The van der Waals surface area contributed by atoms with E-state index in [2.05, 4.69) is 0 Å². The van der Waals surface area contributed by atoms with Crippen molar-refractivity contribution in [1.82, 2.24) is 15.5 Å². The lowest BCUT2D eigenvalue weighted by Crippen LogP contribution is -2.39. The van der Waals surface area contributed by atoms with Gasteiger partial charge in [-0.25, -0.2) is 0 Å². The zero-order valence-electron chi connectivity index (χ0n) is 19.5. The van der Waals surface area contributed by atoms with Crippen molar-refractivity contribution in [1.29, 1.82) is 0 Å². The third kappa shape index (κ3) is 6.52. The monoisotopic (exact) mass is 521 g/mol. The van der Waals surface area contributed by atoms with E-state index in [-0.39, 0.29) is 37.4 Å². The first kappa shape index (κ1) is 27.8. The summed E-state index contributed by atoms with van der Waals surface area (Å²) in [7, 11) is 4.86. The molecular formula is C24H21BF5N3O4. The number of carbonyl (C=O) groups is 4. The maximum atomic E-state index is 14.7. The predicted molar refractivity (Wildman–Crippen MR) is 122 cm³/mol. The van der Waals surface area contributed by atoms with Gasteiger partial charge in [-0.1, -0.05) is 29.8 Å². The number of benzene rings is 2. The van der Waals surface area contributed by atoms with Crippen molar-refractivity contribution >= 4 is 31.4 Å².